The van der Waals surface area contributed by atoms with Gasteiger partial charge in [0.05, 0.1) is 12.1 Å². The van der Waals surface area contributed by atoms with E-state index in [9.17, 15) is 4.79 Å². The summed E-state index contributed by atoms with van der Waals surface area (Å²) in [5, 5.41) is 7.31. The summed E-state index contributed by atoms with van der Waals surface area (Å²) in [5.74, 6) is -0.000661. The molecule has 124 valence electrons. The lowest BCUT2D eigenvalue weighted by Gasteiger charge is -2.29. The summed E-state index contributed by atoms with van der Waals surface area (Å²) in [6.07, 6.45) is 4.96. The highest BCUT2D eigenvalue weighted by molar-refractivity contribution is 7.07. The second-order valence-electron chi connectivity index (χ2n) is 5.82. The van der Waals surface area contributed by atoms with E-state index in [1.165, 1.54) is 18.4 Å². The lowest BCUT2D eigenvalue weighted by molar-refractivity contribution is -0.127. The first kappa shape index (κ1) is 17.4. The van der Waals surface area contributed by atoms with Gasteiger partial charge in [0.25, 0.3) is 0 Å². The summed E-state index contributed by atoms with van der Waals surface area (Å²) in [5.41, 5.74) is 1.28. The summed E-state index contributed by atoms with van der Waals surface area (Å²) >= 11 is 1.70. The van der Waals surface area contributed by atoms with Crippen molar-refractivity contribution in [3.05, 3.63) is 22.4 Å². The van der Waals surface area contributed by atoms with Crippen LogP contribution in [0.1, 0.15) is 51.1 Å². The number of thiophene rings is 1. The lowest BCUT2D eigenvalue weighted by Crippen LogP contribution is -2.39. The standard InChI is InChI=1S/C17H28N2O2S/c1-3-19(4-2)16(14-9-10-22-13-14)11-18-17(20)12-21-15-7-5-6-8-15/h9-10,13,15-16H,3-8,11-12H2,1-2H3,(H,18,20). The minimum Gasteiger partial charge on any atom is -0.368 e. The van der Waals surface area contributed by atoms with Gasteiger partial charge in [-0.3, -0.25) is 9.69 Å². The Morgan fingerprint density at radius 2 is 2.14 bits per heavy atom. The van der Waals surface area contributed by atoms with Gasteiger partial charge in [-0.05, 0) is 48.3 Å². The number of hydrogen-bond donors (Lipinski definition) is 1. The van der Waals surface area contributed by atoms with Gasteiger partial charge in [-0.25, -0.2) is 0 Å². The fraction of sp³-hybridized carbons (Fsp3) is 0.706. The van der Waals surface area contributed by atoms with Crippen molar-refractivity contribution in [2.24, 2.45) is 0 Å². The SMILES string of the molecule is CCN(CC)C(CNC(=O)COC1CCCC1)c1ccsc1. The predicted octanol–water partition coefficient (Wildman–Crippen LogP) is 3.21. The maximum absolute atomic E-state index is 12.0. The molecule has 2 rings (SSSR count). The molecule has 1 atom stereocenters. The molecule has 0 spiro atoms. The van der Waals surface area contributed by atoms with Crippen LogP contribution in [0.5, 0.6) is 0 Å². The van der Waals surface area contributed by atoms with E-state index in [0.717, 1.165) is 25.9 Å². The number of likely N-dealkylation sites (N-methyl/N-ethyl adjacent to an activating group) is 1. The monoisotopic (exact) mass is 324 g/mol. The molecule has 1 heterocycles. The lowest BCUT2D eigenvalue weighted by atomic mass is 10.1. The van der Waals surface area contributed by atoms with Gasteiger partial charge in [0.15, 0.2) is 0 Å². The molecule has 1 aromatic heterocycles. The smallest absolute Gasteiger partial charge is 0.246 e. The molecule has 1 saturated carbocycles. The minimum atomic E-state index is -0.000661. The first-order valence-electron chi connectivity index (χ1n) is 8.39. The Morgan fingerprint density at radius 3 is 2.73 bits per heavy atom. The van der Waals surface area contributed by atoms with Gasteiger partial charge in [-0.1, -0.05) is 26.7 Å². The van der Waals surface area contributed by atoms with Crippen molar-refractivity contribution in [3.63, 3.8) is 0 Å². The third-order valence-electron chi connectivity index (χ3n) is 4.43. The van der Waals surface area contributed by atoms with E-state index in [0.29, 0.717) is 12.6 Å². The normalized spacial score (nSPS) is 17.0. The van der Waals surface area contributed by atoms with E-state index in [2.05, 4.69) is 40.9 Å². The summed E-state index contributed by atoms with van der Waals surface area (Å²) in [7, 11) is 0. The van der Waals surface area contributed by atoms with E-state index in [1.807, 2.05) is 0 Å². The third kappa shape index (κ3) is 5.07. The van der Waals surface area contributed by atoms with Crippen LogP contribution < -0.4 is 5.32 Å². The Hall–Kier alpha value is -0.910. The van der Waals surface area contributed by atoms with Crippen molar-refractivity contribution < 1.29 is 9.53 Å². The van der Waals surface area contributed by atoms with E-state index in [1.54, 1.807) is 11.3 Å². The molecule has 1 aliphatic rings. The van der Waals surface area contributed by atoms with Crippen molar-refractivity contribution >= 4 is 17.2 Å². The Labute approximate surface area is 137 Å². The molecule has 1 amide bonds. The topological polar surface area (TPSA) is 41.6 Å². The van der Waals surface area contributed by atoms with Gasteiger partial charge in [0.1, 0.15) is 6.61 Å². The zero-order chi connectivity index (χ0) is 15.8. The van der Waals surface area contributed by atoms with Crippen molar-refractivity contribution in [1.82, 2.24) is 10.2 Å². The molecule has 1 unspecified atom stereocenters. The van der Waals surface area contributed by atoms with E-state index >= 15 is 0 Å². The highest BCUT2D eigenvalue weighted by atomic mass is 32.1. The Morgan fingerprint density at radius 1 is 1.41 bits per heavy atom. The first-order valence-corrected chi connectivity index (χ1v) is 9.33. The number of nitrogens with zero attached hydrogens (tertiary/aromatic N) is 1. The largest absolute Gasteiger partial charge is 0.368 e. The molecule has 4 nitrogen and oxygen atoms in total. The third-order valence-corrected chi connectivity index (χ3v) is 5.13. The van der Waals surface area contributed by atoms with Crippen LogP contribution in [-0.2, 0) is 9.53 Å². The van der Waals surface area contributed by atoms with E-state index < -0.39 is 0 Å². The molecule has 0 radical (unpaired) electrons. The zero-order valence-corrected chi connectivity index (χ0v) is 14.5. The quantitative estimate of drug-likeness (QED) is 0.758. The summed E-state index contributed by atoms with van der Waals surface area (Å²) in [6.45, 7) is 7.11. The molecular formula is C17H28N2O2S. The number of carbonyl (C=O) groups is 1. The Kier molecular flexibility index (Phi) is 7.36. The van der Waals surface area contributed by atoms with Gasteiger partial charge in [0.2, 0.25) is 5.91 Å². The second kappa shape index (κ2) is 9.28. The van der Waals surface area contributed by atoms with Gasteiger partial charge < -0.3 is 10.1 Å². The van der Waals surface area contributed by atoms with Crippen molar-refractivity contribution in [1.29, 1.82) is 0 Å². The van der Waals surface area contributed by atoms with Crippen LogP contribution in [0.4, 0.5) is 0 Å². The molecule has 0 bridgehead atoms. The van der Waals surface area contributed by atoms with Crippen LogP contribution in [0.15, 0.2) is 16.8 Å². The van der Waals surface area contributed by atoms with Crippen LogP contribution in [0.3, 0.4) is 0 Å². The average molecular weight is 324 g/mol. The predicted molar refractivity (Wildman–Crippen MR) is 91.2 cm³/mol. The average Bonchev–Trinajstić information content (AvgIpc) is 3.22. The van der Waals surface area contributed by atoms with Gasteiger partial charge >= 0.3 is 0 Å². The van der Waals surface area contributed by atoms with Crippen molar-refractivity contribution in [2.45, 2.75) is 51.7 Å². The number of ether oxygens (including phenoxy) is 1. The molecular weight excluding hydrogens is 296 g/mol. The molecule has 1 fully saturated rings. The number of rotatable bonds is 9. The van der Waals surface area contributed by atoms with E-state index in [-0.39, 0.29) is 18.6 Å². The summed E-state index contributed by atoms with van der Waals surface area (Å²) in [6, 6.07) is 2.39. The zero-order valence-electron chi connectivity index (χ0n) is 13.7. The fourth-order valence-corrected chi connectivity index (χ4v) is 3.80. The summed E-state index contributed by atoms with van der Waals surface area (Å²) in [4.78, 5) is 14.4. The van der Waals surface area contributed by atoms with Crippen LogP contribution in [-0.4, -0.2) is 43.2 Å². The number of nitrogens with one attached hydrogen (secondary N) is 1. The van der Waals surface area contributed by atoms with Crippen molar-refractivity contribution in [3.8, 4) is 0 Å². The number of hydrogen-bond acceptors (Lipinski definition) is 4. The van der Waals surface area contributed by atoms with Gasteiger partial charge in [-0.2, -0.15) is 11.3 Å². The highest BCUT2D eigenvalue weighted by Gasteiger charge is 2.20. The summed E-state index contributed by atoms with van der Waals surface area (Å²) < 4.78 is 5.68. The van der Waals surface area contributed by atoms with Crippen molar-refractivity contribution in [2.75, 3.05) is 26.2 Å². The van der Waals surface area contributed by atoms with Gasteiger partial charge in [0, 0.05) is 6.54 Å². The Balaban J connectivity index is 1.81. The maximum Gasteiger partial charge on any atom is 0.246 e. The van der Waals surface area contributed by atoms with Crippen LogP contribution in [0.2, 0.25) is 0 Å². The molecule has 0 aromatic carbocycles. The number of amides is 1. The Bertz CT molecular complexity index is 426. The van der Waals surface area contributed by atoms with E-state index in [4.69, 9.17) is 4.74 Å². The highest BCUT2D eigenvalue weighted by Crippen LogP contribution is 2.22. The molecule has 0 aliphatic heterocycles. The molecule has 1 aliphatic carbocycles. The van der Waals surface area contributed by atoms with Crippen LogP contribution in [0.25, 0.3) is 0 Å². The number of carbonyl (C=O) groups excluding carboxylic acids is 1. The molecule has 0 saturated heterocycles. The maximum atomic E-state index is 12.0. The van der Waals surface area contributed by atoms with Gasteiger partial charge in [-0.15, -0.1) is 0 Å². The molecule has 1 aromatic rings. The first-order chi connectivity index (χ1) is 10.7. The molecule has 5 heteroatoms. The second-order valence-corrected chi connectivity index (χ2v) is 6.60. The molecule has 22 heavy (non-hydrogen) atoms. The van der Waals surface area contributed by atoms with Crippen LogP contribution in [0, 0.1) is 0 Å². The molecule has 1 N–H and O–H groups in total. The van der Waals surface area contributed by atoms with Crippen LogP contribution >= 0.6 is 11.3 Å². The fourth-order valence-electron chi connectivity index (χ4n) is 3.10. The minimum absolute atomic E-state index is 0.000661.